The summed E-state index contributed by atoms with van der Waals surface area (Å²) in [5.41, 5.74) is 4.49. The van der Waals surface area contributed by atoms with Crippen molar-refractivity contribution >= 4 is 33.9 Å². The second-order valence-corrected chi connectivity index (χ2v) is 23.5. The van der Waals surface area contributed by atoms with Crippen molar-refractivity contribution < 1.29 is 37.0 Å². The first-order chi connectivity index (χ1) is 31.2. The van der Waals surface area contributed by atoms with Crippen molar-refractivity contribution in [3.8, 4) is 0 Å². The zero-order valence-electron chi connectivity index (χ0n) is 41.6. The van der Waals surface area contributed by atoms with E-state index in [0.717, 1.165) is 53.2 Å². The monoisotopic (exact) mass is 937 g/mol. The molecule has 0 radical (unpaired) electrons. The maximum absolute atomic E-state index is 13.7. The van der Waals surface area contributed by atoms with Gasteiger partial charge in [-0.05, 0) is 105 Å². The molecule has 4 aromatic rings. The molecule has 2 saturated heterocycles. The molecule has 4 aliphatic rings. The number of fused-ring (bicyclic) bond motifs is 2. The first kappa shape index (κ1) is 50.8. The number of carbonyl (C=O) groups excluding carboxylic acids is 2. The molecule has 14 heteroatoms. The van der Waals surface area contributed by atoms with Gasteiger partial charge in [-0.15, -0.1) is 0 Å². The fourth-order valence-electron chi connectivity index (χ4n) is 10.1. The summed E-state index contributed by atoms with van der Waals surface area (Å²) in [7, 11) is 0. The largest absolute Gasteiger partial charge is 0.393 e. The van der Waals surface area contributed by atoms with Crippen LogP contribution in [-0.4, -0.2) is 103 Å². The summed E-state index contributed by atoms with van der Waals surface area (Å²) in [5, 5.41) is 9.70. The van der Waals surface area contributed by atoms with E-state index in [0.29, 0.717) is 88.9 Å². The number of benzene rings is 2. The molecular formula is C53H76F4N6O4. The quantitative estimate of drug-likeness (QED) is 0.176. The first-order valence-corrected chi connectivity index (χ1v) is 24.9. The van der Waals surface area contributed by atoms with E-state index >= 15 is 0 Å². The van der Waals surface area contributed by atoms with Crippen LogP contribution in [0.5, 0.6) is 0 Å². The molecule has 370 valence electrons. The molecule has 2 aliphatic carbocycles. The lowest BCUT2D eigenvalue weighted by Gasteiger charge is -2.33. The fourth-order valence-corrected chi connectivity index (χ4v) is 10.1. The standard InChI is InChI=1S/C29H43F2N3O2.C24H33F2N3O2/c1-27(2,3)19-36-22-11-15-33(16-12-22)25(35)21-7-8-24-23(17-21)32-26(28(4,5)6)34(24)18-20-9-13-29(30,31)14-10-20;1-23(2,3)22-27-19-14-17(21(31)28-12-8-18(30)9-13-28)4-5-20(19)29(22)15-16-6-10-24(25,26)11-7-16/h7-8,17,20,22H,9-16,18-19H2,1-6H3;4-5,14,16,18,30H,6-13,15H2,1-3H3. The number of aliphatic hydroxyl groups excluding tert-OH is 1. The lowest BCUT2D eigenvalue weighted by atomic mass is 9.86. The number of halogens is 4. The number of imidazole rings is 2. The molecule has 2 amide bonds. The molecule has 1 N–H and O–H groups in total. The minimum absolute atomic E-state index is 0.0322. The molecule has 67 heavy (non-hydrogen) atoms. The van der Waals surface area contributed by atoms with Crippen LogP contribution in [0.3, 0.4) is 0 Å². The third kappa shape index (κ3) is 12.8. The summed E-state index contributed by atoms with van der Waals surface area (Å²) < 4.78 is 65.0. The van der Waals surface area contributed by atoms with Crippen LogP contribution < -0.4 is 0 Å². The molecule has 0 unspecified atom stereocenters. The van der Waals surface area contributed by atoms with Gasteiger partial charge in [0.2, 0.25) is 11.8 Å². The highest BCUT2D eigenvalue weighted by atomic mass is 19.3. The van der Waals surface area contributed by atoms with Crippen LogP contribution in [0.25, 0.3) is 22.1 Å². The molecule has 2 saturated carbocycles. The molecule has 2 aromatic heterocycles. The average molecular weight is 937 g/mol. The fraction of sp³-hybridized carbons (Fsp3) is 0.698. The first-order valence-electron chi connectivity index (χ1n) is 24.9. The second-order valence-electron chi connectivity index (χ2n) is 23.5. The molecule has 0 atom stereocenters. The van der Waals surface area contributed by atoms with E-state index in [9.17, 15) is 32.3 Å². The summed E-state index contributed by atoms with van der Waals surface area (Å²) in [6, 6.07) is 11.4. The van der Waals surface area contributed by atoms with Crippen LogP contribution in [0.4, 0.5) is 17.6 Å². The van der Waals surface area contributed by atoms with Gasteiger partial charge in [-0.3, -0.25) is 9.59 Å². The van der Waals surface area contributed by atoms with Gasteiger partial charge in [0.25, 0.3) is 11.8 Å². The topological polar surface area (TPSA) is 106 Å². The Balaban J connectivity index is 0.000000201. The minimum atomic E-state index is -2.53. The number of hydrogen-bond acceptors (Lipinski definition) is 6. The smallest absolute Gasteiger partial charge is 0.253 e. The lowest BCUT2D eigenvalue weighted by molar-refractivity contribution is -0.0478. The molecule has 4 fully saturated rings. The highest BCUT2D eigenvalue weighted by Crippen LogP contribution is 2.40. The van der Waals surface area contributed by atoms with Crippen molar-refractivity contribution in [2.45, 2.75) is 187 Å². The predicted octanol–water partition coefficient (Wildman–Crippen LogP) is 11.6. The van der Waals surface area contributed by atoms with Crippen molar-refractivity contribution in [2.24, 2.45) is 17.3 Å². The van der Waals surface area contributed by atoms with E-state index in [-0.39, 0.29) is 77.8 Å². The van der Waals surface area contributed by atoms with Gasteiger partial charge in [-0.2, -0.15) is 0 Å². The number of hydrogen-bond donors (Lipinski definition) is 1. The Hall–Kier alpha value is -4.04. The summed E-state index contributed by atoms with van der Waals surface area (Å²) in [6.45, 7) is 23.8. The van der Waals surface area contributed by atoms with Gasteiger partial charge in [-0.25, -0.2) is 27.5 Å². The Bertz CT molecular complexity index is 2340. The van der Waals surface area contributed by atoms with Crippen molar-refractivity contribution in [3.63, 3.8) is 0 Å². The molecule has 8 rings (SSSR count). The van der Waals surface area contributed by atoms with Gasteiger partial charge in [0.15, 0.2) is 0 Å². The number of piperidine rings is 2. The summed E-state index contributed by atoms with van der Waals surface area (Å²) in [5.74, 6) is -2.77. The molecular weight excluding hydrogens is 861 g/mol. The van der Waals surface area contributed by atoms with Gasteiger partial charge in [0.1, 0.15) is 11.6 Å². The molecule has 2 aromatic carbocycles. The Morgan fingerprint density at radius 3 is 1.34 bits per heavy atom. The Morgan fingerprint density at radius 1 is 0.612 bits per heavy atom. The van der Waals surface area contributed by atoms with Crippen LogP contribution in [0.1, 0.15) is 172 Å². The maximum Gasteiger partial charge on any atom is 0.253 e. The van der Waals surface area contributed by atoms with Crippen LogP contribution in [0.15, 0.2) is 36.4 Å². The molecule has 4 heterocycles. The number of likely N-dealkylation sites (tertiary alicyclic amines) is 2. The predicted molar refractivity (Wildman–Crippen MR) is 256 cm³/mol. The van der Waals surface area contributed by atoms with E-state index < -0.39 is 11.8 Å². The Labute approximate surface area is 395 Å². The normalized spacial score (nSPS) is 20.6. The summed E-state index contributed by atoms with van der Waals surface area (Å²) in [4.78, 5) is 39.8. The number of carbonyl (C=O) groups is 2. The zero-order chi connectivity index (χ0) is 48.7. The molecule has 2 aliphatic heterocycles. The van der Waals surface area contributed by atoms with Gasteiger partial charge in [0, 0.05) is 86.9 Å². The van der Waals surface area contributed by atoms with Gasteiger partial charge in [0.05, 0.1) is 40.9 Å². The highest BCUT2D eigenvalue weighted by Gasteiger charge is 2.38. The van der Waals surface area contributed by atoms with E-state index in [4.69, 9.17) is 14.7 Å². The third-order valence-electron chi connectivity index (χ3n) is 14.1. The summed E-state index contributed by atoms with van der Waals surface area (Å²) >= 11 is 0. The van der Waals surface area contributed by atoms with Crippen LogP contribution >= 0.6 is 0 Å². The Kier molecular flexibility index (Phi) is 15.0. The number of nitrogens with zero attached hydrogens (tertiary/aromatic N) is 6. The molecule has 10 nitrogen and oxygen atoms in total. The van der Waals surface area contributed by atoms with Crippen molar-refractivity contribution in [3.05, 3.63) is 59.2 Å². The summed E-state index contributed by atoms with van der Waals surface area (Å²) in [6.07, 6.45) is 4.76. The molecule has 0 spiro atoms. The number of rotatable bonds is 8. The van der Waals surface area contributed by atoms with Crippen molar-refractivity contribution in [1.29, 1.82) is 0 Å². The van der Waals surface area contributed by atoms with E-state index in [1.807, 2.05) is 41.3 Å². The molecule has 0 bridgehead atoms. The highest BCUT2D eigenvalue weighted by molar-refractivity contribution is 5.98. The van der Waals surface area contributed by atoms with E-state index in [1.54, 1.807) is 4.90 Å². The van der Waals surface area contributed by atoms with Gasteiger partial charge >= 0.3 is 0 Å². The SMILES string of the molecule is CC(C)(C)COC1CCN(C(=O)c2ccc3c(c2)nc(C(C)(C)C)n3CC2CCC(F)(F)CC2)CC1.CC(C)(C)c1nc2cc(C(=O)N3CCC(O)CC3)ccc2n1CC1CCC(F)(F)CC1. The van der Waals surface area contributed by atoms with Crippen LogP contribution in [-0.2, 0) is 28.7 Å². The minimum Gasteiger partial charge on any atom is -0.393 e. The maximum atomic E-state index is 13.7. The average Bonchev–Trinajstić information content (AvgIpc) is 3.82. The van der Waals surface area contributed by atoms with Crippen LogP contribution in [0, 0.1) is 17.3 Å². The van der Waals surface area contributed by atoms with Gasteiger partial charge < -0.3 is 28.8 Å². The number of ether oxygens (including phenoxy) is 1. The number of alkyl halides is 4. The number of aliphatic hydroxyl groups is 1. The lowest BCUT2D eigenvalue weighted by Crippen LogP contribution is -2.41. The third-order valence-corrected chi connectivity index (χ3v) is 14.1. The van der Waals surface area contributed by atoms with Crippen LogP contribution in [0.2, 0.25) is 0 Å². The van der Waals surface area contributed by atoms with Crippen molar-refractivity contribution in [2.75, 3.05) is 32.8 Å². The van der Waals surface area contributed by atoms with Gasteiger partial charge in [-0.1, -0.05) is 62.3 Å². The van der Waals surface area contributed by atoms with Crippen molar-refractivity contribution in [1.82, 2.24) is 28.9 Å². The van der Waals surface area contributed by atoms with E-state index in [1.165, 1.54) is 0 Å². The second kappa shape index (κ2) is 19.8. The van der Waals surface area contributed by atoms with E-state index in [2.05, 4.69) is 71.4 Å². The number of amides is 2. The zero-order valence-corrected chi connectivity index (χ0v) is 41.6. The number of aromatic nitrogens is 4. The Morgan fingerprint density at radius 2 is 0.985 bits per heavy atom.